The Kier molecular flexibility index (Phi) is 3.16. The molecule has 3 rings (SSSR count). The number of ketones is 1. The number of thioether (sulfide) groups is 1. The minimum atomic E-state index is 0.224. The van der Waals surface area contributed by atoms with Gasteiger partial charge in [0.25, 0.3) is 0 Å². The molecule has 0 amide bonds. The maximum atomic E-state index is 12.0. The number of carbonyl (C=O) groups excluding carboxylic acids is 1. The van der Waals surface area contributed by atoms with Crippen molar-refractivity contribution < 1.29 is 4.79 Å². The van der Waals surface area contributed by atoms with Crippen LogP contribution in [0.4, 0.5) is 0 Å². The van der Waals surface area contributed by atoms with Crippen LogP contribution in [0.2, 0.25) is 0 Å². The summed E-state index contributed by atoms with van der Waals surface area (Å²) in [6.07, 6.45) is 2.74. The molecule has 0 N–H and O–H groups in total. The normalized spacial score (nSPS) is 19.9. The maximum Gasteiger partial charge on any atom is 0.152 e. The lowest BCUT2D eigenvalue weighted by Gasteiger charge is -2.04. The monoisotopic (exact) mass is 263 g/mol. The van der Waals surface area contributed by atoms with Gasteiger partial charge in [0.2, 0.25) is 0 Å². The molecule has 1 aliphatic rings. The van der Waals surface area contributed by atoms with E-state index in [0.717, 1.165) is 22.7 Å². The number of hydrogen-bond acceptors (Lipinski definition) is 4. The van der Waals surface area contributed by atoms with Gasteiger partial charge in [0, 0.05) is 0 Å². The van der Waals surface area contributed by atoms with Gasteiger partial charge in [-0.05, 0) is 30.7 Å². The molecule has 2 aromatic rings. The zero-order valence-electron chi connectivity index (χ0n) is 9.39. The maximum absolute atomic E-state index is 12.0. The first kappa shape index (κ1) is 11.2. The van der Waals surface area contributed by atoms with Crippen molar-refractivity contribution in [3.05, 3.63) is 29.3 Å². The molecular formula is C13H13NOS2. The average Bonchev–Trinajstić information content (AvgIpc) is 2.97. The number of benzene rings is 1. The summed E-state index contributed by atoms with van der Waals surface area (Å²) in [5, 5.41) is 1.19. The lowest BCUT2D eigenvalue weighted by Crippen LogP contribution is -2.16. The molecule has 0 radical (unpaired) electrons. The fraction of sp³-hybridized carbons (Fsp3) is 0.385. The molecule has 1 saturated heterocycles. The molecule has 88 valence electrons. The lowest BCUT2D eigenvalue weighted by molar-refractivity contribution is -0.117. The van der Waals surface area contributed by atoms with Crippen molar-refractivity contribution >= 4 is 39.1 Å². The SMILES string of the molecule is O=C(Cc1nc2ccccc2s1)C1CCCS1. The second-order valence-electron chi connectivity index (χ2n) is 4.22. The number of aromatic nitrogens is 1. The van der Waals surface area contributed by atoms with E-state index in [9.17, 15) is 4.79 Å². The molecule has 17 heavy (non-hydrogen) atoms. The summed E-state index contributed by atoms with van der Waals surface area (Å²) >= 11 is 3.45. The summed E-state index contributed by atoms with van der Waals surface area (Å²) in [5.74, 6) is 1.49. The Bertz CT molecular complexity index is 510. The van der Waals surface area contributed by atoms with Crippen LogP contribution in [0.25, 0.3) is 10.2 Å². The highest BCUT2D eigenvalue weighted by Crippen LogP contribution is 2.29. The van der Waals surface area contributed by atoms with Crippen LogP contribution in [0, 0.1) is 0 Å². The summed E-state index contributed by atoms with van der Waals surface area (Å²) in [6, 6.07) is 8.06. The Balaban J connectivity index is 1.77. The van der Waals surface area contributed by atoms with Gasteiger partial charge in [0.05, 0.1) is 21.9 Å². The Labute approximate surface area is 108 Å². The minimum Gasteiger partial charge on any atom is -0.298 e. The predicted octanol–water partition coefficient (Wildman–Crippen LogP) is 3.30. The van der Waals surface area contributed by atoms with E-state index in [1.54, 1.807) is 23.1 Å². The zero-order chi connectivity index (χ0) is 11.7. The van der Waals surface area contributed by atoms with Crippen molar-refractivity contribution in [2.75, 3.05) is 5.75 Å². The fourth-order valence-corrected chi connectivity index (χ4v) is 4.29. The van der Waals surface area contributed by atoms with Crippen LogP contribution in [-0.4, -0.2) is 21.8 Å². The van der Waals surface area contributed by atoms with Crippen LogP contribution in [0.3, 0.4) is 0 Å². The summed E-state index contributed by atoms with van der Waals surface area (Å²) in [4.78, 5) is 16.5. The van der Waals surface area contributed by atoms with Crippen molar-refractivity contribution in [1.82, 2.24) is 4.98 Å². The van der Waals surface area contributed by atoms with E-state index < -0.39 is 0 Å². The van der Waals surface area contributed by atoms with Crippen LogP contribution in [0.1, 0.15) is 17.8 Å². The number of carbonyl (C=O) groups is 1. The van der Waals surface area contributed by atoms with Gasteiger partial charge in [-0.25, -0.2) is 4.98 Å². The first-order chi connectivity index (χ1) is 8.33. The Morgan fingerprint density at radius 2 is 2.29 bits per heavy atom. The molecular weight excluding hydrogens is 250 g/mol. The number of para-hydroxylation sites is 1. The summed E-state index contributed by atoms with van der Waals surface area (Å²) in [5.41, 5.74) is 1.01. The van der Waals surface area contributed by atoms with Crippen LogP contribution < -0.4 is 0 Å². The largest absolute Gasteiger partial charge is 0.298 e. The number of fused-ring (bicyclic) bond motifs is 1. The molecule has 1 aliphatic heterocycles. The summed E-state index contributed by atoms with van der Waals surface area (Å²) in [6.45, 7) is 0. The fourth-order valence-electron chi connectivity index (χ4n) is 2.09. The third kappa shape index (κ3) is 2.38. The Morgan fingerprint density at radius 1 is 1.41 bits per heavy atom. The third-order valence-corrected chi connectivity index (χ3v) is 5.41. The molecule has 0 aliphatic carbocycles. The van der Waals surface area contributed by atoms with Crippen molar-refractivity contribution in [1.29, 1.82) is 0 Å². The predicted molar refractivity (Wildman–Crippen MR) is 73.8 cm³/mol. The van der Waals surface area contributed by atoms with E-state index >= 15 is 0 Å². The number of Topliss-reactive ketones (excluding diaryl/α,β-unsaturated/α-hetero) is 1. The second kappa shape index (κ2) is 4.78. The molecule has 0 saturated carbocycles. The molecule has 1 fully saturated rings. The van der Waals surface area contributed by atoms with Crippen molar-refractivity contribution in [2.45, 2.75) is 24.5 Å². The van der Waals surface area contributed by atoms with E-state index in [1.807, 2.05) is 18.2 Å². The van der Waals surface area contributed by atoms with E-state index in [-0.39, 0.29) is 5.25 Å². The van der Waals surface area contributed by atoms with Crippen LogP contribution >= 0.6 is 23.1 Å². The van der Waals surface area contributed by atoms with Gasteiger partial charge in [-0.3, -0.25) is 4.79 Å². The molecule has 0 spiro atoms. The number of nitrogens with zero attached hydrogens (tertiary/aromatic N) is 1. The first-order valence-electron chi connectivity index (χ1n) is 5.82. The zero-order valence-corrected chi connectivity index (χ0v) is 11.0. The quantitative estimate of drug-likeness (QED) is 0.851. The highest BCUT2D eigenvalue weighted by Gasteiger charge is 2.24. The molecule has 1 aromatic heterocycles. The van der Waals surface area contributed by atoms with E-state index in [0.29, 0.717) is 12.2 Å². The standard InChI is InChI=1S/C13H13NOS2/c15-10(12-6-3-7-16-12)8-13-14-9-4-1-2-5-11(9)17-13/h1-2,4-5,12H,3,6-8H2. The van der Waals surface area contributed by atoms with E-state index in [1.165, 1.54) is 11.1 Å². The van der Waals surface area contributed by atoms with Gasteiger partial charge < -0.3 is 0 Å². The van der Waals surface area contributed by atoms with Crippen molar-refractivity contribution in [2.24, 2.45) is 0 Å². The topological polar surface area (TPSA) is 30.0 Å². The summed E-state index contributed by atoms with van der Waals surface area (Å²) in [7, 11) is 0. The van der Waals surface area contributed by atoms with Gasteiger partial charge in [0.15, 0.2) is 5.78 Å². The highest BCUT2D eigenvalue weighted by atomic mass is 32.2. The second-order valence-corrected chi connectivity index (χ2v) is 6.65. The van der Waals surface area contributed by atoms with Crippen molar-refractivity contribution in [3.63, 3.8) is 0 Å². The third-order valence-electron chi connectivity index (χ3n) is 2.95. The first-order valence-corrected chi connectivity index (χ1v) is 7.68. The Hall–Kier alpha value is -0.870. The molecule has 0 bridgehead atoms. The number of thiazole rings is 1. The van der Waals surface area contributed by atoms with Gasteiger partial charge in [-0.1, -0.05) is 12.1 Å². The molecule has 1 atom stereocenters. The van der Waals surface area contributed by atoms with Gasteiger partial charge in [-0.2, -0.15) is 11.8 Å². The highest BCUT2D eigenvalue weighted by molar-refractivity contribution is 8.00. The van der Waals surface area contributed by atoms with E-state index in [2.05, 4.69) is 11.1 Å². The molecule has 1 aromatic carbocycles. The molecule has 1 unspecified atom stereocenters. The smallest absolute Gasteiger partial charge is 0.152 e. The van der Waals surface area contributed by atoms with Gasteiger partial charge in [-0.15, -0.1) is 11.3 Å². The van der Waals surface area contributed by atoms with Gasteiger partial charge >= 0.3 is 0 Å². The molecule has 2 nitrogen and oxygen atoms in total. The van der Waals surface area contributed by atoms with E-state index in [4.69, 9.17) is 0 Å². The van der Waals surface area contributed by atoms with Gasteiger partial charge in [0.1, 0.15) is 5.01 Å². The molecule has 4 heteroatoms. The van der Waals surface area contributed by atoms with Crippen LogP contribution in [0.15, 0.2) is 24.3 Å². The molecule has 2 heterocycles. The minimum absolute atomic E-state index is 0.224. The number of hydrogen-bond donors (Lipinski definition) is 0. The Morgan fingerprint density at radius 3 is 3.06 bits per heavy atom. The lowest BCUT2D eigenvalue weighted by atomic mass is 10.1. The van der Waals surface area contributed by atoms with Crippen LogP contribution in [0.5, 0.6) is 0 Å². The number of rotatable bonds is 3. The summed E-state index contributed by atoms with van der Waals surface area (Å²) < 4.78 is 1.18. The van der Waals surface area contributed by atoms with Crippen LogP contribution in [-0.2, 0) is 11.2 Å². The average molecular weight is 263 g/mol. The van der Waals surface area contributed by atoms with Crippen molar-refractivity contribution in [3.8, 4) is 0 Å².